The molecule has 0 aromatic heterocycles. The van der Waals surface area contributed by atoms with Gasteiger partial charge in [0.2, 0.25) is 0 Å². The first-order valence-corrected chi connectivity index (χ1v) is 6.39. The summed E-state index contributed by atoms with van der Waals surface area (Å²) in [7, 11) is 0. The summed E-state index contributed by atoms with van der Waals surface area (Å²) in [5.74, 6) is -1.13. The fourth-order valence-corrected chi connectivity index (χ4v) is 2.01. The summed E-state index contributed by atoms with van der Waals surface area (Å²) in [6.07, 6.45) is 0. The lowest BCUT2D eigenvalue weighted by Gasteiger charge is -2.08. The fraction of sp³-hybridized carbons (Fsp3) is 0. The van der Waals surface area contributed by atoms with Crippen LogP contribution in [0, 0.1) is 5.82 Å². The number of carbonyl (C=O) groups excluding carboxylic acids is 1. The molecule has 0 aliphatic rings. The maximum absolute atomic E-state index is 13.1. The highest BCUT2D eigenvalue weighted by Crippen LogP contribution is 2.24. The quantitative estimate of drug-likeness (QED) is 0.858. The molecule has 19 heavy (non-hydrogen) atoms. The molecule has 0 fully saturated rings. The third-order valence-corrected chi connectivity index (χ3v) is 3.22. The van der Waals surface area contributed by atoms with E-state index in [0.717, 1.165) is 0 Å². The maximum Gasteiger partial charge on any atom is 0.259 e. The van der Waals surface area contributed by atoms with E-state index in [4.69, 9.17) is 11.6 Å². The van der Waals surface area contributed by atoms with Crippen LogP contribution in [0.5, 0.6) is 5.75 Å². The molecule has 3 nitrogen and oxygen atoms in total. The van der Waals surface area contributed by atoms with Gasteiger partial charge in [0.05, 0.1) is 10.0 Å². The molecule has 1 amide bonds. The summed E-state index contributed by atoms with van der Waals surface area (Å²) in [4.78, 5) is 11.9. The molecule has 98 valence electrons. The van der Waals surface area contributed by atoms with E-state index in [1.807, 2.05) is 0 Å². The van der Waals surface area contributed by atoms with Crippen LogP contribution in [-0.2, 0) is 0 Å². The Morgan fingerprint density at radius 3 is 2.68 bits per heavy atom. The molecule has 0 spiro atoms. The average molecular weight is 345 g/mol. The van der Waals surface area contributed by atoms with Crippen LogP contribution in [0.15, 0.2) is 40.9 Å². The van der Waals surface area contributed by atoms with Crippen molar-refractivity contribution < 1.29 is 14.3 Å². The molecule has 0 radical (unpaired) electrons. The number of benzene rings is 2. The lowest BCUT2D eigenvalue weighted by atomic mass is 10.2. The van der Waals surface area contributed by atoms with E-state index in [1.54, 1.807) is 0 Å². The molecule has 0 aliphatic heterocycles. The van der Waals surface area contributed by atoms with Gasteiger partial charge in [0.1, 0.15) is 11.6 Å². The fourth-order valence-electron chi connectivity index (χ4n) is 1.46. The molecule has 2 N–H and O–H groups in total. The van der Waals surface area contributed by atoms with E-state index >= 15 is 0 Å². The molecule has 6 heteroatoms. The second-order valence-corrected chi connectivity index (χ2v) is 5.04. The normalized spacial score (nSPS) is 10.3. The zero-order valence-corrected chi connectivity index (χ0v) is 11.8. The monoisotopic (exact) mass is 343 g/mol. The van der Waals surface area contributed by atoms with Crippen molar-refractivity contribution in [1.29, 1.82) is 0 Å². The molecule has 0 saturated heterocycles. The minimum Gasteiger partial charge on any atom is -0.507 e. The van der Waals surface area contributed by atoms with Crippen LogP contribution < -0.4 is 5.32 Å². The van der Waals surface area contributed by atoms with Crippen molar-refractivity contribution in [3.05, 3.63) is 57.3 Å². The van der Waals surface area contributed by atoms with E-state index < -0.39 is 11.7 Å². The van der Waals surface area contributed by atoms with E-state index in [1.165, 1.54) is 36.4 Å². The Labute approximate surface area is 122 Å². The van der Waals surface area contributed by atoms with Crippen molar-refractivity contribution in [2.24, 2.45) is 0 Å². The van der Waals surface area contributed by atoms with Crippen molar-refractivity contribution >= 4 is 39.1 Å². The zero-order chi connectivity index (χ0) is 14.0. The summed E-state index contributed by atoms with van der Waals surface area (Å²) < 4.78 is 13.3. The minimum absolute atomic E-state index is 0.0490. The Balaban J connectivity index is 2.25. The van der Waals surface area contributed by atoms with Gasteiger partial charge in [-0.25, -0.2) is 4.39 Å². The maximum atomic E-state index is 13.1. The molecule has 0 atom stereocenters. The predicted molar refractivity (Wildman–Crippen MR) is 75.2 cm³/mol. The zero-order valence-electron chi connectivity index (χ0n) is 9.45. The van der Waals surface area contributed by atoms with Gasteiger partial charge in [-0.1, -0.05) is 11.6 Å². The van der Waals surface area contributed by atoms with Gasteiger partial charge in [0, 0.05) is 10.7 Å². The Bertz CT molecular complexity index is 649. The molecular formula is C13H8BrClFNO2. The predicted octanol–water partition coefficient (Wildman–Crippen LogP) is 4.20. The van der Waals surface area contributed by atoms with E-state index in [9.17, 15) is 14.3 Å². The summed E-state index contributed by atoms with van der Waals surface area (Å²) in [5.41, 5.74) is 0.450. The first kappa shape index (κ1) is 13.8. The highest BCUT2D eigenvalue weighted by molar-refractivity contribution is 9.10. The molecule has 0 bridgehead atoms. The van der Waals surface area contributed by atoms with E-state index in [-0.39, 0.29) is 15.8 Å². The second-order valence-electron chi connectivity index (χ2n) is 3.74. The highest BCUT2D eigenvalue weighted by atomic mass is 79.9. The summed E-state index contributed by atoms with van der Waals surface area (Å²) in [6.45, 7) is 0. The Morgan fingerprint density at radius 1 is 1.26 bits per heavy atom. The van der Waals surface area contributed by atoms with Crippen LogP contribution in [-0.4, -0.2) is 11.0 Å². The number of nitrogens with one attached hydrogen (secondary N) is 1. The van der Waals surface area contributed by atoms with Gasteiger partial charge in [-0.2, -0.15) is 0 Å². The van der Waals surface area contributed by atoms with E-state index in [2.05, 4.69) is 21.2 Å². The van der Waals surface area contributed by atoms with Gasteiger partial charge in [0.25, 0.3) is 5.91 Å². The third kappa shape index (κ3) is 3.24. The number of carbonyl (C=O) groups is 1. The molecule has 2 rings (SSSR count). The highest BCUT2D eigenvalue weighted by Gasteiger charge is 2.12. The molecule has 0 heterocycles. The first-order chi connectivity index (χ1) is 8.97. The van der Waals surface area contributed by atoms with Crippen LogP contribution in [0.3, 0.4) is 0 Å². The van der Waals surface area contributed by atoms with Crippen LogP contribution in [0.2, 0.25) is 5.02 Å². The van der Waals surface area contributed by atoms with Crippen LogP contribution in [0.1, 0.15) is 10.4 Å². The third-order valence-electron chi connectivity index (χ3n) is 2.38. The number of aromatic hydroxyl groups is 1. The Hall–Kier alpha value is -1.59. The van der Waals surface area contributed by atoms with Crippen LogP contribution in [0.4, 0.5) is 10.1 Å². The number of amides is 1. The smallest absolute Gasteiger partial charge is 0.259 e. The van der Waals surface area contributed by atoms with Crippen molar-refractivity contribution in [3.8, 4) is 5.75 Å². The lowest BCUT2D eigenvalue weighted by Crippen LogP contribution is -2.12. The van der Waals surface area contributed by atoms with Gasteiger partial charge in [0.15, 0.2) is 0 Å². The lowest BCUT2D eigenvalue weighted by molar-refractivity contribution is 0.102. The van der Waals surface area contributed by atoms with Crippen LogP contribution >= 0.6 is 27.5 Å². The number of hydrogen-bond donors (Lipinski definition) is 2. The summed E-state index contributed by atoms with van der Waals surface area (Å²) in [6, 6.07) is 8.22. The largest absolute Gasteiger partial charge is 0.507 e. The number of phenols is 1. The number of rotatable bonds is 2. The first-order valence-electron chi connectivity index (χ1n) is 5.22. The van der Waals surface area contributed by atoms with Gasteiger partial charge < -0.3 is 10.4 Å². The SMILES string of the molecule is O=C(Nc1ccc(F)c(Br)c1)c1cc(Cl)ccc1O. The molecule has 0 saturated carbocycles. The van der Waals surface area contributed by atoms with Crippen LogP contribution in [0.25, 0.3) is 0 Å². The topological polar surface area (TPSA) is 49.3 Å². The second kappa shape index (κ2) is 5.59. The number of hydrogen-bond acceptors (Lipinski definition) is 2. The molecule has 0 aliphatic carbocycles. The molecular weight excluding hydrogens is 337 g/mol. The average Bonchev–Trinajstić information content (AvgIpc) is 2.36. The standard InChI is InChI=1S/C13H8BrClFNO2/c14-10-6-8(2-3-11(10)16)17-13(19)9-5-7(15)1-4-12(9)18/h1-6,18H,(H,17,19). The van der Waals surface area contributed by atoms with Crippen molar-refractivity contribution in [2.75, 3.05) is 5.32 Å². The van der Waals surface area contributed by atoms with Gasteiger partial charge >= 0.3 is 0 Å². The van der Waals surface area contributed by atoms with Gasteiger partial charge in [-0.3, -0.25) is 4.79 Å². The minimum atomic E-state index is -0.529. The number of halogens is 3. The Morgan fingerprint density at radius 2 is 2.00 bits per heavy atom. The molecule has 0 unspecified atom stereocenters. The number of phenolic OH excluding ortho intramolecular Hbond substituents is 1. The summed E-state index contributed by atoms with van der Waals surface area (Å²) in [5, 5.41) is 12.5. The van der Waals surface area contributed by atoms with Crippen molar-refractivity contribution in [1.82, 2.24) is 0 Å². The molecule has 2 aromatic rings. The van der Waals surface area contributed by atoms with Gasteiger partial charge in [-0.05, 0) is 52.3 Å². The van der Waals surface area contributed by atoms with E-state index in [0.29, 0.717) is 10.7 Å². The summed E-state index contributed by atoms with van der Waals surface area (Å²) >= 11 is 8.78. The number of anilines is 1. The van der Waals surface area contributed by atoms with Crippen molar-refractivity contribution in [2.45, 2.75) is 0 Å². The van der Waals surface area contributed by atoms with Gasteiger partial charge in [-0.15, -0.1) is 0 Å². The molecule has 2 aromatic carbocycles. The van der Waals surface area contributed by atoms with Crippen molar-refractivity contribution in [3.63, 3.8) is 0 Å². The Kier molecular flexibility index (Phi) is 4.07.